The van der Waals surface area contributed by atoms with E-state index in [1.807, 2.05) is 32.0 Å². The SMILES string of the molecule is CC1=C(C(=O)Nc2cccc(C)c2C)C(c2ccc([N+](=O)[O-])cc2)n2nc(SCc3ccccc3F)nc2N1. The molecule has 1 aliphatic rings. The maximum Gasteiger partial charge on any atom is 0.269 e. The predicted molar refractivity (Wildman–Crippen MR) is 148 cm³/mol. The van der Waals surface area contributed by atoms with Gasteiger partial charge >= 0.3 is 0 Å². The molecule has 39 heavy (non-hydrogen) atoms. The third kappa shape index (κ3) is 5.26. The van der Waals surface area contributed by atoms with E-state index in [-0.39, 0.29) is 17.4 Å². The average Bonchev–Trinajstić information content (AvgIpc) is 3.32. The lowest BCUT2D eigenvalue weighted by atomic mass is 9.94. The zero-order chi connectivity index (χ0) is 27.7. The molecule has 0 radical (unpaired) electrons. The van der Waals surface area contributed by atoms with Gasteiger partial charge in [0.05, 0.1) is 10.5 Å². The van der Waals surface area contributed by atoms with Gasteiger partial charge in [-0.1, -0.05) is 42.1 Å². The number of thioether (sulfide) groups is 1. The summed E-state index contributed by atoms with van der Waals surface area (Å²) in [6.07, 6.45) is 0. The van der Waals surface area contributed by atoms with Gasteiger partial charge in [-0.05, 0) is 67.3 Å². The Hall–Kier alpha value is -4.51. The molecule has 0 aliphatic carbocycles. The van der Waals surface area contributed by atoms with Crippen LogP contribution in [0.2, 0.25) is 0 Å². The number of rotatable bonds is 7. The molecule has 0 saturated carbocycles. The van der Waals surface area contributed by atoms with Crippen molar-refractivity contribution in [2.24, 2.45) is 0 Å². The third-order valence-corrected chi connectivity index (χ3v) is 7.55. The van der Waals surface area contributed by atoms with Crippen molar-refractivity contribution >= 4 is 35.0 Å². The number of amides is 1. The number of benzene rings is 3. The number of nitrogens with zero attached hydrogens (tertiary/aromatic N) is 4. The van der Waals surface area contributed by atoms with Crippen LogP contribution in [0, 0.1) is 29.8 Å². The van der Waals surface area contributed by atoms with Crippen molar-refractivity contribution in [2.45, 2.75) is 37.7 Å². The van der Waals surface area contributed by atoms with Crippen LogP contribution >= 0.6 is 11.8 Å². The number of nitro benzene ring substituents is 1. The zero-order valence-electron chi connectivity index (χ0n) is 21.4. The summed E-state index contributed by atoms with van der Waals surface area (Å²) >= 11 is 1.27. The molecule has 1 amide bonds. The standard InChI is InChI=1S/C28H25FN6O3S/c1-16-7-6-10-23(17(16)2)31-26(36)24-18(3)30-27-32-28(39-15-20-8-4-5-9-22(20)29)33-34(27)25(24)19-11-13-21(14-12-19)35(37)38/h4-14,25H,15H2,1-3H3,(H,31,36)(H,30,32,33). The molecule has 1 aromatic heterocycles. The second-order valence-corrected chi connectivity index (χ2v) is 10.1. The fraction of sp³-hybridized carbons (Fsp3) is 0.179. The number of hydrogen-bond donors (Lipinski definition) is 2. The lowest BCUT2D eigenvalue weighted by Crippen LogP contribution is -2.31. The first kappa shape index (κ1) is 26.1. The molecule has 1 unspecified atom stereocenters. The lowest BCUT2D eigenvalue weighted by molar-refractivity contribution is -0.384. The minimum atomic E-state index is -0.706. The van der Waals surface area contributed by atoms with E-state index in [1.165, 1.54) is 30.0 Å². The predicted octanol–water partition coefficient (Wildman–Crippen LogP) is 6.16. The summed E-state index contributed by atoms with van der Waals surface area (Å²) in [6.45, 7) is 5.69. The van der Waals surface area contributed by atoms with Gasteiger partial charge in [-0.3, -0.25) is 14.9 Å². The molecule has 9 nitrogen and oxygen atoms in total. The van der Waals surface area contributed by atoms with Crippen LogP contribution in [-0.2, 0) is 10.5 Å². The Bertz CT molecular complexity index is 1620. The van der Waals surface area contributed by atoms with E-state index in [2.05, 4.69) is 20.7 Å². The van der Waals surface area contributed by atoms with Gasteiger partial charge in [0.1, 0.15) is 11.9 Å². The van der Waals surface area contributed by atoms with Crippen molar-refractivity contribution in [3.8, 4) is 0 Å². The van der Waals surface area contributed by atoms with Crippen LogP contribution in [0.5, 0.6) is 0 Å². The molecule has 2 heterocycles. The van der Waals surface area contributed by atoms with E-state index >= 15 is 0 Å². The Morgan fingerprint density at radius 3 is 2.56 bits per heavy atom. The number of anilines is 2. The minimum Gasteiger partial charge on any atom is -0.328 e. The smallest absolute Gasteiger partial charge is 0.269 e. The van der Waals surface area contributed by atoms with Crippen molar-refractivity contribution in [3.05, 3.63) is 116 Å². The van der Waals surface area contributed by atoms with Crippen LogP contribution in [0.25, 0.3) is 0 Å². The monoisotopic (exact) mass is 544 g/mol. The van der Waals surface area contributed by atoms with E-state index < -0.39 is 11.0 Å². The molecular weight excluding hydrogens is 519 g/mol. The number of fused-ring (bicyclic) bond motifs is 1. The quantitative estimate of drug-likeness (QED) is 0.163. The van der Waals surface area contributed by atoms with E-state index in [0.717, 1.165) is 11.1 Å². The summed E-state index contributed by atoms with van der Waals surface area (Å²) in [7, 11) is 0. The zero-order valence-corrected chi connectivity index (χ0v) is 22.3. The first-order valence-corrected chi connectivity index (χ1v) is 13.1. The summed E-state index contributed by atoms with van der Waals surface area (Å²) < 4.78 is 15.7. The topological polar surface area (TPSA) is 115 Å². The molecule has 11 heteroatoms. The van der Waals surface area contributed by atoms with Crippen LogP contribution in [0.1, 0.15) is 35.2 Å². The number of halogens is 1. The van der Waals surface area contributed by atoms with Gasteiger partial charge in [-0.15, -0.1) is 5.10 Å². The lowest BCUT2D eigenvalue weighted by Gasteiger charge is -2.28. The number of nitro groups is 1. The van der Waals surface area contributed by atoms with Gasteiger partial charge in [-0.25, -0.2) is 9.07 Å². The third-order valence-electron chi connectivity index (χ3n) is 6.66. The van der Waals surface area contributed by atoms with Crippen molar-refractivity contribution in [3.63, 3.8) is 0 Å². The summed E-state index contributed by atoms with van der Waals surface area (Å²) in [5, 5.41) is 22.5. The summed E-state index contributed by atoms with van der Waals surface area (Å²) in [6, 6.07) is 17.5. The van der Waals surface area contributed by atoms with Gasteiger partial charge in [-0.2, -0.15) is 4.98 Å². The first-order valence-electron chi connectivity index (χ1n) is 12.2. The highest BCUT2D eigenvalue weighted by Gasteiger charge is 2.35. The molecule has 0 fully saturated rings. The fourth-order valence-electron chi connectivity index (χ4n) is 4.41. The second-order valence-electron chi connectivity index (χ2n) is 9.16. The van der Waals surface area contributed by atoms with E-state index in [0.29, 0.717) is 44.9 Å². The normalized spacial score (nSPS) is 14.5. The van der Waals surface area contributed by atoms with E-state index in [9.17, 15) is 19.3 Å². The maximum absolute atomic E-state index is 14.1. The van der Waals surface area contributed by atoms with Crippen molar-refractivity contribution < 1.29 is 14.1 Å². The van der Waals surface area contributed by atoms with Gasteiger partial charge in [0.2, 0.25) is 11.1 Å². The Labute approximate surface area is 228 Å². The summed E-state index contributed by atoms with van der Waals surface area (Å²) in [5.41, 5.74) is 4.75. The molecule has 1 atom stereocenters. The molecule has 5 rings (SSSR count). The van der Waals surface area contributed by atoms with E-state index in [4.69, 9.17) is 0 Å². The van der Waals surface area contributed by atoms with Gasteiger partial charge in [0.15, 0.2) is 0 Å². The number of aryl methyl sites for hydroxylation is 1. The summed E-state index contributed by atoms with van der Waals surface area (Å²) in [5.74, 6) is 0.0951. The molecule has 198 valence electrons. The van der Waals surface area contributed by atoms with Crippen molar-refractivity contribution in [2.75, 3.05) is 10.6 Å². The highest BCUT2D eigenvalue weighted by Crippen LogP contribution is 2.38. The Balaban J connectivity index is 1.52. The largest absolute Gasteiger partial charge is 0.328 e. The van der Waals surface area contributed by atoms with Gasteiger partial charge in [0.25, 0.3) is 11.6 Å². The molecule has 2 N–H and O–H groups in total. The Morgan fingerprint density at radius 1 is 1.10 bits per heavy atom. The van der Waals surface area contributed by atoms with Crippen LogP contribution in [-0.4, -0.2) is 25.6 Å². The fourth-order valence-corrected chi connectivity index (χ4v) is 5.22. The summed E-state index contributed by atoms with van der Waals surface area (Å²) in [4.78, 5) is 29.1. The second kappa shape index (κ2) is 10.7. The number of aromatic nitrogens is 3. The first-order chi connectivity index (χ1) is 18.7. The van der Waals surface area contributed by atoms with Crippen LogP contribution < -0.4 is 10.6 Å². The van der Waals surface area contributed by atoms with Crippen LogP contribution in [0.15, 0.2) is 83.2 Å². The molecule has 0 bridgehead atoms. The maximum atomic E-state index is 14.1. The van der Waals surface area contributed by atoms with Gasteiger partial charge in [0, 0.05) is 29.3 Å². The molecule has 0 saturated heterocycles. The average molecular weight is 545 g/mol. The van der Waals surface area contributed by atoms with Crippen molar-refractivity contribution in [1.29, 1.82) is 0 Å². The number of nitrogens with one attached hydrogen (secondary N) is 2. The molecular formula is C28H25FN6O3S. The number of non-ortho nitro benzene ring substituents is 1. The number of carbonyl (C=O) groups excluding carboxylic acids is 1. The van der Waals surface area contributed by atoms with Crippen molar-refractivity contribution in [1.82, 2.24) is 14.8 Å². The number of hydrogen-bond acceptors (Lipinski definition) is 7. The molecule has 1 aliphatic heterocycles. The Kier molecular flexibility index (Phi) is 7.16. The number of carbonyl (C=O) groups is 1. The Morgan fingerprint density at radius 2 is 1.85 bits per heavy atom. The highest BCUT2D eigenvalue weighted by molar-refractivity contribution is 7.98. The highest BCUT2D eigenvalue weighted by atomic mass is 32.2. The van der Waals surface area contributed by atoms with Crippen LogP contribution in [0.4, 0.5) is 21.7 Å². The number of allylic oxidation sites excluding steroid dienone is 1. The van der Waals surface area contributed by atoms with E-state index in [1.54, 1.807) is 41.9 Å². The molecule has 4 aromatic rings. The minimum absolute atomic E-state index is 0.0604. The molecule has 3 aromatic carbocycles. The van der Waals surface area contributed by atoms with Gasteiger partial charge < -0.3 is 10.6 Å². The molecule has 0 spiro atoms. The van der Waals surface area contributed by atoms with Crippen LogP contribution in [0.3, 0.4) is 0 Å².